The van der Waals surface area contributed by atoms with E-state index in [-0.39, 0.29) is 30.4 Å². The van der Waals surface area contributed by atoms with Crippen molar-refractivity contribution >= 4 is 39.3 Å². The maximum atomic E-state index is 13.5. The Morgan fingerprint density at radius 3 is 2.49 bits per heavy atom. The van der Waals surface area contributed by atoms with Crippen LogP contribution in [-0.2, 0) is 27.2 Å². The van der Waals surface area contributed by atoms with Gasteiger partial charge in [0.15, 0.2) is 0 Å². The van der Waals surface area contributed by atoms with Crippen LogP contribution in [0.1, 0.15) is 55.7 Å². The van der Waals surface area contributed by atoms with Crippen LogP contribution in [0.4, 0.5) is 0 Å². The Bertz CT molecular complexity index is 1360. The van der Waals surface area contributed by atoms with E-state index in [1.807, 2.05) is 43.3 Å². The molecule has 0 saturated carbocycles. The average molecular weight is 546 g/mol. The predicted molar refractivity (Wildman–Crippen MR) is 154 cm³/mol. The number of thiazole rings is 1. The normalized spacial score (nSPS) is 12.4. The minimum absolute atomic E-state index is 0.0922. The molecule has 0 spiro atoms. The van der Waals surface area contributed by atoms with Crippen LogP contribution >= 0.6 is 11.3 Å². The van der Waals surface area contributed by atoms with Crippen molar-refractivity contribution in [3.05, 3.63) is 76.8 Å². The lowest BCUT2D eigenvalue weighted by molar-refractivity contribution is -0.129. The van der Waals surface area contributed by atoms with Gasteiger partial charge in [-0.15, -0.1) is 11.3 Å². The second-order valence-electron chi connectivity index (χ2n) is 9.76. The van der Waals surface area contributed by atoms with Crippen molar-refractivity contribution in [3.63, 3.8) is 0 Å². The van der Waals surface area contributed by atoms with Crippen molar-refractivity contribution in [2.75, 3.05) is 6.54 Å². The summed E-state index contributed by atoms with van der Waals surface area (Å²) in [5.74, 6) is -0.776. The van der Waals surface area contributed by atoms with Crippen LogP contribution in [0, 0.1) is 11.3 Å². The zero-order chi connectivity index (χ0) is 28.4. The number of amides is 3. The molecule has 0 aliphatic heterocycles. The molecule has 3 N–H and O–H groups in total. The van der Waals surface area contributed by atoms with Crippen LogP contribution in [-0.4, -0.2) is 41.3 Å². The van der Waals surface area contributed by atoms with E-state index in [9.17, 15) is 14.4 Å². The van der Waals surface area contributed by atoms with Crippen LogP contribution in [0.3, 0.4) is 0 Å². The van der Waals surface area contributed by atoms with Gasteiger partial charge in [-0.25, -0.2) is 4.98 Å². The van der Waals surface area contributed by atoms with Gasteiger partial charge >= 0.3 is 0 Å². The highest BCUT2D eigenvalue weighted by molar-refractivity contribution is 7.18. The molecule has 0 aliphatic rings. The number of carbonyl (C=O) groups excluding carboxylic acids is 3. The summed E-state index contributed by atoms with van der Waals surface area (Å²) in [6.45, 7) is 9.71. The van der Waals surface area contributed by atoms with Gasteiger partial charge in [0.2, 0.25) is 11.8 Å². The van der Waals surface area contributed by atoms with E-state index < -0.39 is 18.0 Å². The summed E-state index contributed by atoms with van der Waals surface area (Å²) in [5.41, 5.74) is 2.84. The van der Waals surface area contributed by atoms with E-state index in [2.05, 4.69) is 48.5 Å². The number of hydrogen-bond acceptors (Lipinski definition) is 6. The molecule has 3 aromatic rings. The number of benzene rings is 2. The summed E-state index contributed by atoms with van der Waals surface area (Å²) in [7, 11) is 0. The zero-order valence-corrected chi connectivity index (χ0v) is 23.4. The number of nitriles is 1. The summed E-state index contributed by atoms with van der Waals surface area (Å²) in [6.07, 6.45) is 1.65. The molecule has 1 heterocycles. The molecular weight excluding hydrogens is 510 g/mol. The fourth-order valence-corrected chi connectivity index (χ4v) is 5.12. The first-order chi connectivity index (χ1) is 18.7. The fraction of sp³-hybridized carbons (Fsp3) is 0.367. The van der Waals surface area contributed by atoms with Crippen LogP contribution in [0.5, 0.6) is 0 Å². The van der Waals surface area contributed by atoms with Gasteiger partial charge in [0.25, 0.3) is 5.91 Å². The first-order valence-electron chi connectivity index (χ1n) is 13.1. The van der Waals surface area contributed by atoms with Gasteiger partial charge in [-0.3, -0.25) is 14.4 Å². The highest BCUT2D eigenvalue weighted by Crippen LogP contribution is 2.27. The van der Waals surface area contributed by atoms with Crippen LogP contribution in [0.15, 0.2) is 60.7 Å². The smallest absolute Gasteiger partial charge is 0.261 e. The van der Waals surface area contributed by atoms with E-state index in [1.165, 1.54) is 16.9 Å². The van der Waals surface area contributed by atoms with Crippen molar-refractivity contribution < 1.29 is 14.4 Å². The third-order valence-corrected chi connectivity index (χ3v) is 7.26. The first kappa shape index (κ1) is 29.5. The molecule has 1 aromatic heterocycles. The zero-order valence-electron chi connectivity index (χ0n) is 22.6. The summed E-state index contributed by atoms with van der Waals surface area (Å²) in [4.78, 5) is 42.9. The van der Waals surface area contributed by atoms with E-state index in [1.54, 1.807) is 6.07 Å². The Morgan fingerprint density at radius 2 is 1.82 bits per heavy atom. The third kappa shape index (κ3) is 8.76. The van der Waals surface area contributed by atoms with Crippen LogP contribution < -0.4 is 16.0 Å². The molecule has 0 fully saturated rings. The quantitative estimate of drug-likeness (QED) is 0.220. The molecule has 39 heavy (non-hydrogen) atoms. The molecule has 1 unspecified atom stereocenters. The highest BCUT2D eigenvalue weighted by atomic mass is 32.1. The summed E-state index contributed by atoms with van der Waals surface area (Å²) in [5, 5.41) is 18.3. The summed E-state index contributed by atoms with van der Waals surface area (Å²) < 4.78 is 1.04. The molecule has 0 bridgehead atoms. The standard InChI is InChI=1S/C30H35N5O3S/c1-5-9-27(36)34-25(16-28-35-24-13-12-22(19(2)3)15-26(24)39-28)30(38)33-23(14-21-10-7-6-8-11-21)18-32-29(37)20(4)17-31/h6-8,10-13,15,19,23,25H,4-5,9,14,16,18H2,1-3H3,(H,32,37)(H,33,38)(H,34,36)/t23?,25-/m0/s1. The SMILES string of the molecule is C=C(C#N)C(=O)NCC(Cc1ccccc1)NC(=O)[C@H](Cc1nc2ccc(C(C)C)cc2s1)NC(=O)CCC. The van der Waals surface area contributed by atoms with Crippen LogP contribution in [0.25, 0.3) is 10.2 Å². The van der Waals surface area contributed by atoms with Gasteiger partial charge in [-0.05, 0) is 42.0 Å². The fourth-order valence-electron chi connectivity index (χ4n) is 4.06. The monoisotopic (exact) mass is 545 g/mol. The minimum atomic E-state index is -0.836. The van der Waals surface area contributed by atoms with E-state index >= 15 is 0 Å². The molecule has 0 saturated heterocycles. The van der Waals surface area contributed by atoms with Gasteiger partial charge in [0.05, 0.1) is 21.3 Å². The number of carbonyl (C=O) groups is 3. The molecule has 204 valence electrons. The number of nitrogens with zero attached hydrogens (tertiary/aromatic N) is 2. The van der Waals surface area contributed by atoms with E-state index in [4.69, 9.17) is 10.2 Å². The average Bonchev–Trinajstić information content (AvgIpc) is 3.33. The van der Waals surface area contributed by atoms with E-state index in [0.29, 0.717) is 25.2 Å². The summed E-state index contributed by atoms with van der Waals surface area (Å²) in [6, 6.07) is 16.2. The van der Waals surface area contributed by atoms with Crippen molar-refractivity contribution in [2.45, 2.75) is 64.5 Å². The topological polar surface area (TPSA) is 124 Å². The number of aromatic nitrogens is 1. The van der Waals surface area contributed by atoms with Crippen molar-refractivity contribution in [3.8, 4) is 6.07 Å². The van der Waals surface area contributed by atoms with Gasteiger partial charge in [-0.1, -0.05) is 63.7 Å². The van der Waals surface area contributed by atoms with Gasteiger partial charge in [-0.2, -0.15) is 5.26 Å². The Balaban J connectivity index is 1.81. The Labute approximate surface area is 233 Å². The number of fused-ring (bicyclic) bond motifs is 1. The molecule has 0 radical (unpaired) electrons. The summed E-state index contributed by atoms with van der Waals surface area (Å²) >= 11 is 1.52. The second kappa shape index (κ2) is 14.2. The van der Waals surface area contributed by atoms with Gasteiger partial charge in [0.1, 0.15) is 17.7 Å². The van der Waals surface area contributed by atoms with Crippen molar-refractivity contribution in [1.82, 2.24) is 20.9 Å². The second-order valence-corrected chi connectivity index (χ2v) is 10.9. The first-order valence-corrected chi connectivity index (χ1v) is 13.9. The number of rotatable bonds is 13. The molecule has 3 rings (SSSR count). The third-order valence-electron chi connectivity index (χ3n) is 6.22. The lowest BCUT2D eigenvalue weighted by Crippen LogP contribution is -2.53. The van der Waals surface area contributed by atoms with Gasteiger partial charge in [0, 0.05) is 19.4 Å². The molecular formula is C30H35N5O3S. The molecule has 0 aliphatic carbocycles. The molecule has 2 atom stereocenters. The van der Waals surface area contributed by atoms with Crippen LogP contribution in [0.2, 0.25) is 0 Å². The molecule has 8 nitrogen and oxygen atoms in total. The van der Waals surface area contributed by atoms with Gasteiger partial charge < -0.3 is 16.0 Å². The molecule has 3 amide bonds. The minimum Gasteiger partial charge on any atom is -0.349 e. The van der Waals surface area contributed by atoms with E-state index in [0.717, 1.165) is 20.8 Å². The largest absolute Gasteiger partial charge is 0.349 e. The Kier molecular flexibility index (Phi) is 10.8. The molecule has 2 aromatic carbocycles. The lowest BCUT2D eigenvalue weighted by atomic mass is 10.0. The van der Waals surface area contributed by atoms with Crippen molar-refractivity contribution in [2.24, 2.45) is 0 Å². The predicted octanol–water partition coefficient (Wildman–Crippen LogP) is 4.17. The number of hydrogen-bond donors (Lipinski definition) is 3. The maximum Gasteiger partial charge on any atom is 0.261 e. The Morgan fingerprint density at radius 1 is 1.08 bits per heavy atom. The highest BCUT2D eigenvalue weighted by Gasteiger charge is 2.26. The molecule has 9 heteroatoms. The number of nitrogens with one attached hydrogen (secondary N) is 3. The maximum absolute atomic E-state index is 13.5. The van der Waals surface area contributed by atoms with Crippen molar-refractivity contribution in [1.29, 1.82) is 5.26 Å². The lowest BCUT2D eigenvalue weighted by Gasteiger charge is -2.24. The Hall–Kier alpha value is -4.03.